The summed E-state index contributed by atoms with van der Waals surface area (Å²) < 4.78 is 38.6. The van der Waals surface area contributed by atoms with Gasteiger partial charge >= 0.3 is 6.18 Å². The number of amides is 1. The molecule has 0 aliphatic carbocycles. The summed E-state index contributed by atoms with van der Waals surface area (Å²) >= 11 is 0. The Morgan fingerprint density at radius 2 is 1.70 bits per heavy atom. The second kappa shape index (κ2) is 8.49. The molecule has 4 rings (SSSR count). The molecule has 0 bridgehead atoms. The van der Waals surface area contributed by atoms with Crippen molar-refractivity contribution in [3.8, 4) is 0 Å². The summed E-state index contributed by atoms with van der Waals surface area (Å²) in [5, 5.41) is 0. The molecule has 0 radical (unpaired) electrons. The molecule has 0 spiro atoms. The molecule has 2 aromatic rings. The van der Waals surface area contributed by atoms with Crippen molar-refractivity contribution in [1.29, 1.82) is 0 Å². The van der Waals surface area contributed by atoms with Crippen LogP contribution in [-0.4, -0.2) is 60.0 Å². The van der Waals surface area contributed by atoms with Gasteiger partial charge in [-0.05, 0) is 30.5 Å². The maximum absolute atomic E-state index is 12.9. The molecule has 2 aliphatic rings. The third-order valence-electron chi connectivity index (χ3n) is 5.58. The van der Waals surface area contributed by atoms with Crippen LogP contribution >= 0.6 is 0 Å². The predicted molar refractivity (Wildman–Crippen MR) is 107 cm³/mol. The summed E-state index contributed by atoms with van der Waals surface area (Å²) in [5.74, 6) is 1.43. The van der Waals surface area contributed by atoms with Crippen LogP contribution in [-0.2, 0) is 17.4 Å². The monoisotopic (exact) mass is 419 g/mol. The summed E-state index contributed by atoms with van der Waals surface area (Å²) in [7, 11) is 0. The molecule has 30 heavy (non-hydrogen) atoms. The number of rotatable bonds is 4. The maximum atomic E-state index is 12.9. The third-order valence-corrected chi connectivity index (χ3v) is 5.58. The van der Waals surface area contributed by atoms with Crippen molar-refractivity contribution in [1.82, 2.24) is 14.9 Å². The van der Waals surface area contributed by atoms with Gasteiger partial charge in [0, 0.05) is 45.5 Å². The summed E-state index contributed by atoms with van der Waals surface area (Å²) in [6, 6.07) is 6.85. The molecular weight excluding hydrogens is 395 g/mol. The summed E-state index contributed by atoms with van der Waals surface area (Å²) in [5.41, 5.74) is -0.349. The first-order valence-electron chi connectivity index (χ1n) is 10.2. The van der Waals surface area contributed by atoms with Crippen molar-refractivity contribution >= 4 is 17.7 Å². The number of hydrogen-bond donors (Lipinski definition) is 0. The van der Waals surface area contributed by atoms with Crippen LogP contribution in [0.1, 0.15) is 24.0 Å². The number of alkyl halides is 3. The number of benzene rings is 1. The van der Waals surface area contributed by atoms with E-state index in [1.807, 2.05) is 6.07 Å². The molecule has 160 valence electrons. The summed E-state index contributed by atoms with van der Waals surface area (Å²) in [6.45, 7) is 4.24. The van der Waals surface area contributed by atoms with Crippen LogP contribution in [0.15, 0.2) is 36.5 Å². The van der Waals surface area contributed by atoms with Crippen LogP contribution in [0.4, 0.5) is 24.9 Å². The van der Waals surface area contributed by atoms with Gasteiger partial charge in [0.15, 0.2) is 0 Å². The quantitative estimate of drug-likeness (QED) is 0.763. The molecule has 1 amide bonds. The van der Waals surface area contributed by atoms with Crippen molar-refractivity contribution in [2.75, 3.05) is 49.1 Å². The minimum Gasteiger partial charge on any atom is -0.353 e. The average molecular weight is 419 g/mol. The lowest BCUT2D eigenvalue weighted by Crippen LogP contribution is -2.49. The molecule has 1 aromatic carbocycles. The number of hydrogen-bond acceptors (Lipinski definition) is 5. The van der Waals surface area contributed by atoms with E-state index in [4.69, 9.17) is 0 Å². The molecule has 2 saturated heterocycles. The first-order chi connectivity index (χ1) is 14.4. The van der Waals surface area contributed by atoms with Gasteiger partial charge in [0.2, 0.25) is 11.9 Å². The zero-order valence-corrected chi connectivity index (χ0v) is 16.6. The van der Waals surface area contributed by atoms with Gasteiger partial charge in [-0.3, -0.25) is 4.79 Å². The van der Waals surface area contributed by atoms with Crippen LogP contribution < -0.4 is 9.80 Å². The van der Waals surface area contributed by atoms with Crippen molar-refractivity contribution in [3.05, 3.63) is 47.7 Å². The molecule has 0 N–H and O–H groups in total. The predicted octanol–water partition coefficient (Wildman–Crippen LogP) is 2.99. The molecule has 6 nitrogen and oxygen atoms in total. The number of halogens is 3. The Kier molecular flexibility index (Phi) is 5.78. The van der Waals surface area contributed by atoms with E-state index in [9.17, 15) is 18.0 Å². The summed E-state index contributed by atoms with van der Waals surface area (Å²) in [6.07, 6.45) is -0.367. The van der Waals surface area contributed by atoms with E-state index < -0.39 is 11.7 Å². The van der Waals surface area contributed by atoms with Gasteiger partial charge in [-0.15, -0.1) is 0 Å². The standard InChI is InChI=1S/C21H24F3N5O/c22-21(23,24)17-5-3-4-16(14-17)15-19(30)28-12-10-27(11-13-28)18-6-7-25-20(26-18)29-8-1-2-9-29/h3-7,14H,1-2,8-13,15H2. The van der Waals surface area contributed by atoms with Gasteiger partial charge < -0.3 is 14.7 Å². The van der Waals surface area contributed by atoms with E-state index in [0.717, 1.165) is 49.8 Å². The first kappa shape index (κ1) is 20.4. The van der Waals surface area contributed by atoms with E-state index >= 15 is 0 Å². The maximum Gasteiger partial charge on any atom is 0.416 e. The van der Waals surface area contributed by atoms with Crippen molar-refractivity contribution in [2.24, 2.45) is 0 Å². The van der Waals surface area contributed by atoms with Gasteiger partial charge in [0.1, 0.15) is 5.82 Å². The van der Waals surface area contributed by atoms with Crippen LogP contribution in [0.3, 0.4) is 0 Å². The first-order valence-corrected chi connectivity index (χ1v) is 10.2. The highest BCUT2D eigenvalue weighted by Gasteiger charge is 2.31. The van der Waals surface area contributed by atoms with Crippen LogP contribution in [0, 0.1) is 0 Å². The number of piperazine rings is 1. The highest BCUT2D eigenvalue weighted by atomic mass is 19.4. The fourth-order valence-corrected chi connectivity index (χ4v) is 3.91. The molecular formula is C21H24F3N5O. The molecule has 0 saturated carbocycles. The lowest BCUT2D eigenvalue weighted by atomic mass is 10.1. The topological polar surface area (TPSA) is 52.6 Å². The van der Waals surface area contributed by atoms with Crippen LogP contribution in [0.5, 0.6) is 0 Å². The van der Waals surface area contributed by atoms with Gasteiger partial charge in [-0.1, -0.05) is 18.2 Å². The Bertz CT molecular complexity index is 890. The molecule has 0 atom stereocenters. The van der Waals surface area contributed by atoms with Crippen LogP contribution in [0.2, 0.25) is 0 Å². The van der Waals surface area contributed by atoms with E-state index in [2.05, 4.69) is 19.8 Å². The number of nitrogens with zero attached hydrogens (tertiary/aromatic N) is 5. The minimum absolute atomic E-state index is 0.0312. The zero-order valence-electron chi connectivity index (χ0n) is 16.6. The molecule has 2 aliphatic heterocycles. The van der Waals surface area contributed by atoms with E-state index in [0.29, 0.717) is 31.7 Å². The largest absolute Gasteiger partial charge is 0.416 e. The Morgan fingerprint density at radius 3 is 2.40 bits per heavy atom. The van der Waals surface area contributed by atoms with Gasteiger partial charge in [0.05, 0.1) is 12.0 Å². The van der Waals surface area contributed by atoms with E-state index in [-0.39, 0.29) is 12.3 Å². The lowest BCUT2D eigenvalue weighted by molar-refractivity contribution is -0.138. The smallest absolute Gasteiger partial charge is 0.353 e. The van der Waals surface area contributed by atoms with E-state index in [1.54, 1.807) is 17.2 Å². The molecule has 2 fully saturated rings. The molecule has 0 unspecified atom stereocenters. The molecule has 3 heterocycles. The number of anilines is 2. The number of aromatic nitrogens is 2. The van der Waals surface area contributed by atoms with E-state index in [1.165, 1.54) is 6.07 Å². The Balaban J connectivity index is 1.34. The molecule has 9 heteroatoms. The number of carbonyl (C=O) groups is 1. The van der Waals surface area contributed by atoms with Crippen molar-refractivity contribution < 1.29 is 18.0 Å². The fraction of sp³-hybridized carbons (Fsp3) is 0.476. The van der Waals surface area contributed by atoms with Gasteiger partial charge in [0.25, 0.3) is 0 Å². The van der Waals surface area contributed by atoms with Crippen LogP contribution in [0.25, 0.3) is 0 Å². The van der Waals surface area contributed by atoms with Crippen molar-refractivity contribution in [3.63, 3.8) is 0 Å². The Hall–Kier alpha value is -2.84. The fourth-order valence-electron chi connectivity index (χ4n) is 3.91. The normalized spacial score (nSPS) is 17.5. The van der Waals surface area contributed by atoms with Crippen molar-refractivity contribution in [2.45, 2.75) is 25.4 Å². The van der Waals surface area contributed by atoms with Gasteiger partial charge in [-0.25, -0.2) is 4.98 Å². The third kappa shape index (κ3) is 4.66. The lowest BCUT2D eigenvalue weighted by Gasteiger charge is -2.35. The van der Waals surface area contributed by atoms with Gasteiger partial charge in [-0.2, -0.15) is 18.2 Å². The highest BCUT2D eigenvalue weighted by molar-refractivity contribution is 5.79. The second-order valence-corrected chi connectivity index (χ2v) is 7.65. The Labute approximate surface area is 173 Å². The SMILES string of the molecule is O=C(Cc1cccc(C(F)(F)F)c1)N1CCN(c2ccnc(N3CCCC3)n2)CC1. The zero-order chi connectivity index (χ0) is 21.1. The molecule has 1 aromatic heterocycles. The Morgan fingerprint density at radius 1 is 0.967 bits per heavy atom. The summed E-state index contributed by atoms with van der Waals surface area (Å²) in [4.78, 5) is 27.7. The average Bonchev–Trinajstić information content (AvgIpc) is 3.29. The highest BCUT2D eigenvalue weighted by Crippen LogP contribution is 2.29. The number of carbonyl (C=O) groups excluding carboxylic acids is 1. The second-order valence-electron chi connectivity index (χ2n) is 7.65. The minimum atomic E-state index is -4.41.